The highest BCUT2D eigenvalue weighted by atomic mass is 19.2. The van der Waals surface area contributed by atoms with E-state index < -0.39 is 23.6 Å². The lowest BCUT2D eigenvalue weighted by atomic mass is 10.0. The van der Waals surface area contributed by atoms with Gasteiger partial charge in [0.2, 0.25) is 5.91 Å². The number of amides is 1. The van der Waals surface area contributed by atoms with Gasteiger partial charge in [-0.1, -0.05) is 6.07 Å². The molecule has 2 rings (SSSR count). The smallest absolute Gasteiger partial charge is 0.325 e. The summed E-state index contributed by atoms with van der Waals surface area (Å²) in [4.78, 5) is 26.0. The minimum absolute atomic E-state index is 0.0608. The van der Waals surface area contributed by atoms with Gasteiger partial charge in [0.25, 0.3) is 0 Å². The number of benzene rings is 1. The number of nitrogens with zero attached hydrogens (tertiary/aromatic N) is 2. The molecule has 5 nitrogen and oxygen atoms in total. The van der Waals surface area contributed by atoms with Crippen molar-refractivity contribution in [1.82, 2.24) is 9.80 Å². The number of hydrogen-bond acceptors (Lipinski definition) is 3. The second kappa shape index (κ2) is 6.17. The van der Waals surface area contributed by atoms with Crippen LogP contribution in [0.15, 0.2) is 18.2 Å². The van der Waals surface area contributed by atoms with Crippen molar-refractivity contribution in [2.24, 2.45) is 0 Å². The highest BCUT2D eigenvalue weighted by Gasteiger charge is 2.31. The van der Waals surface area contributed by atoms with E-state index in [0.29, 0.717) is 26.2 Å². The summed E-state index contributed by atoms with van der Waals surface area (Å²) in [6.45, 7) is 3.04. The maximum Gasteiger partial charge on any atom is 0.325 e. The molecule has 0 bridgehead atoms. The van der Waals surface area contributed by atoms with Gasteiger partial charge in [-0.15, -0.1) is 0 Å². The van der Waals surface area contributed by atoms with E-state index in [9.17, 15) is 23.5 Å². The lowest BCUT2D eigenvalue weighted by Gasteiger charge is -2.37. The molecule has 1 heterocycles. The number of halogens is 2. The molecule has 1 aliphatic heterocycles. The molecule has 0 radical (unpaired) electrons. The van der Waals surface area contributed by atoms with E-state index in [0.717, 1.165) is 12.1 Å². The molecule has 0 aliphatic carbocycles. The van der Waals surface area contributed by atoms with Crippen molar-refractivity contribution in [1.29, 1.82) is 0 Å². The molecule has 1 fully saturated rings. The molecule has 0 saturated carbocycles. The van der Waals surface area contributed by atoms with Crippen molar-refractivity contribution >= 4 is 11.9 Å². The van der Waals surface area contributed by atoms with Crippen molar-refractivity contribution in [3.05, 3.63) is 35.4 Å². The highest BCUT2D eigenvalue weighted by Crippen LogP contribution is 2.24. The predicted molar refractivity (Wildman–Crippen MR) is 70.6 cm³/mol. The van der Waals surface area contributed by atoms with Crippen molar-refractivity contribution in [2.45, 2.75) is 13.0 Å². The Kier molecular flexibility index (Phi) is 4.52. The first-order chi connectivity index (χ1) is 9.90. The number of rotatable bonds is 3. The standard InChI is InChI=1S/C14H16F2N2O3/c1-9(19)17-4-6-18(7-5-17)13(14(20)21)10-2-3-11(15)12(16)8-10/h2-3,8,13H,4-7H2,1H3,(H,20,21). The third-order valence-corrected chi connectivity index (χ3v) is 3.62. The molecule has 0 spiro atoms. The van der Waals surface area contributed by atoms with Crippen molar-refractivity contribution < 1.29 is 23.5 Å². The van der Waals surface area contributed by atoms with E-state index in [1.54, 1.807) is 9.80 Å². The monoisotopic (exact) mass is 298 g/mol. The SMILES string of the molecule is CC(=O)N1CCN(C(C(=O)O)c2ccc(F)c(F)c2)CC1. The molecule has 1 aliphatic rings. The van der Waals surface area contributed by atoms with Gasteiger partial charge in [0.05, 0.1) is 0 Å². The van der Waals surface area contributed by atoms with Crippen molar-refractivity contribution in [3.8, 4) is 0 Å². The van der Waals surface area contributed by atoms with Gasteiger partial charge in [-0.05, 0) is 17.7 Å². The van der Waals surface area contributed by atoms with Crippen LogP contribution in [-0.2, 0) is 9.59 Å². The Hall–Kier alpha value is -2.02. The molecular formula is C14H16F2N2O3. The van der Waals surface area contributed by atoms with Gasteiger partial charge in [-0.25, -0.2) is 8.78 Å². The molecule has 1 aromatic carbocycles. The fourth-order valence-corrected chi connectivity index (χ4v) is 2.49. The number of carbonyl (C=O) groups excluding carboxylic acids is 1. The first-order valence-electron chi connectivity index (χ1n) is 6.57. The zero-order chi connectivity index (χ0) is 15.6. The average Bonchev–Trinajstić information content (AvgIpc) is 2.43. The highest BCUT2D eigenvalue weighted by molar-refractivity contribution is 5.76. The summed E-state index contributed by atoms with van der Waals surface area (Å²) in [5.74, 6) is -3.27. The molecule has 1 saturated heterocycles. The first kappa shape index (κ1) is 15.4. The number of carbonyl (C=O) groups is 2. The van der Waals surface area contributed by atoms with Gasteiger partial charge in [-0.3, -0.25) is 14.5 Å². The van der Waals surface area contributed by atoms with Gasteiger partial charge in [0.15, 0.2) is 11.6 Å². The van der Waals surface area contributed by atoms with Crippen LogP contribution in [0.3, 0.4) is 0 Å². The maximum atomic E-state index is 13.3. The molecule has 0 aromatic heterocycles. The van der Waals surface area contributed by atoms with Gasteiger partial charge in [0, 0.05) is 33.1 Å². The van der Waals surface area contributed by atoms with Crippen LogP contribution >= 0.6 is 0 Å². The molecule has 1 unspecified atom stereocenters. The molecule has 1 amide bonds. The first-order valence-corrected chi connectivity index (χ1v) is 6.57. The van der Waals surface area contributed by atoms with Crippen LogP contribution in [0.1, 0.15) is 18.5 Å². The van der Waals surface area contributed by atoms with Gasteiger partial charge >= 0.3 is 5.97 Å². The fourth-order valence-electron chi connectivity index (χ4n) is 2.49. The molecule has 1 atom stereocenters. The molecule has 1 N–H and O–H groups in total. The lowest BCUT2D eigenvalue weighted by Crippen LogP contribution is -2.50. The summed E-state index contributed by atoms with van der Waals surface area (Å²) in [5, 5.41) is 9.38. The second-order valence-corrected chi connectivity index (χ2v) is 4.96. The summed E-state index contributed by atoms with van der Waals surface area (Å²) >= 11 is 0. The number of carboxylic acids is 1. The fraction of sp³-hybridized carbons (Fsp3) is 0.429. The molecule has 7 heteroatoms. The van der Waals surface area contributed by atoms with Crippen LogP contribution < -0.4 is 0 Å². The van der Waals surface area contributed by atoms with Crippen LogP contribution in [0, 0.1) is 11.6 Å². The predicted octanol–water partition coefficient (Wildman–Crippen LogP) is 1.25. The van der Waals surface area contributed by atoms with Gasteiger partial charge in [0.1, 0.15) is 6.04 Å². The molecular weight excluding hydrogens is 282 g/mol. The number of hydrogen-bond donors (Lipinski definition) is 1. The van der Waals surface area contributed by atoms with Crippen LogP contribution in [0.4, 0.5) is 8.78 Å². The summed E-state index contributed by atoms with van der Waals surface area (Å²) < 4.78 is 26.3. The van der Waals surface area contributed by atoms with Gasteiger partial charge in [-0.2, -0.15) is 0 Å². The Morgan fingerprint density at radius 3 is 2.24 bits per heavy atom. The second-order valence-electron chi connectivity index (χ2n) is 4.96. The molecule has 1 aromatic rings. The quantitative estimate of drug-likeness (QED) is 0.912. The zero-order valence-electron chi connectivity index (χ0n) is 11.6. The third kappa shape index (κ3) is 3.36. The molecule has 114 valence electrons. The van der Waals surface area contributed by atoms with E-state index in [1.807, 2.05) is 0 Å². The minimum Gasteiger partial charge on any atom is -0.480 e. The summed E-state index contributed by atoms with van der Waals surface area (Å²) in [7, 11) is 0. The van der Waals surface area contributed by atoms with Crippen LogP contribution in [-0.4, -0.2) is 53.0 Å². The summed E-state index contributed by atoms with van der Waals surface area (Å²) in [6, 6.07) is 2.06. The summed E-state index contributed by atoms with van der Waals surface area (Å²) in [5.41, 5.74) is 0.192. The average molecular weight is 298 g/mol. The van der Waals surface area contributed by atoms with Crippen LogP contribution in [0.25, 0.3) is 0 Å². The zero-order valence-corrected chi connectivity index (χ0v) is 11.6. The van der Waals surface area contributed by atoms with Gasteiger partial charge < -0.3 is 10.0 Å². The van der Waals surface area contributed by atoms with E-state index in [1.165, 1.54) is 13.0 Å². The lowest BCUT2D eigenvalue weighted by molar-refractivity contribution is -0.145. The number of piperazine rings is 1. The maximum absolute atomic E-state index is 13.3. The van der Waals surface area contributed by atoms with Crippen LogP contribution in [0.2, 0.25) is 0 Å². The minimum atomic E-state index is -1.13. The van der Waals surface area contributed by atoms with E-state index in [4.69, 9.17) is 0 Å². The largest absolute Gasteiger partial charge is 0.480 e. The Bertz CT molecular complexity index is 557. The topological polar surface area (TPSA) is 60.9 Å². The molecule has 21 heavy (non-hydrogen) atoms. The Labute approximate surface area is 120 Å². The van der Waals surface area contributed by atoms with Crippen molar-refractivity contribution in [2.75, 3.05) is 26.2 Å². The van der Waals surface area contributed by atoms with Crippen LogP contribution in [0.5, 0.6) is 0 Å². The Morgan fingerprint density at radius 1 is 1.14 bits per heavy atom. The van der Waals surface area contributed by atoms with E-state index in [-0.39, 0.29) is 11.5 Å². The Morgan fingerprint density at radius 2 is 1.76 bits per heavy atom. The number of aliphatic carboxylic acids is 1. The number of carboxylic acid groups (broad SMARTS) is 1. The van der Waals surface area contributed by atoms with Crippen molar-refractivity contribution in [3.63, 3.8) is 0 Å². The Balaban J connectivity index is 2.18. The summed E-state index contributed by atoms with van der Waals surface area (Å²) in [6.07, 6.45) is 0. The van der Waals surface area contributed by atoms with E-state index in [2.05, 4.69) is 0 Å². The third-order valence-electron chi connectivity index (χ3n) is 3.62. The normalized spacial score (nSPS) is 17.6. The van der Waals surface area contributed by atoms with E-state index >= 15 is 0 Å².